The maximum absolute atomic E-state index is 11.3. The Morgan fingerprint density at radius 3 is 2.25 bits per heavy atom. The third-order valence-corrected chi connectivity index (χ3v) is 5.31. The fraction of sp³-hybridized carbons (Fsp3) is 0.700. The van der Waals surface area contributed by atoms with Gasteiger partial charge in [0.25, 0.3) is 0 Å². The minimum atomic E-state index is -1.27. The molecule has 0 aromatic heterocycles. The molecule has 4 atom stereocenters. The Morgan fingerprint density at radius 1 is 1.25 bits per heavy atom. The molecule has 0 bridgehead atoms. The Labute approximate surface area is 244 Å². The molecule has 2 amide bonds. The first kappa shape index (κ1) is 42.2. The van der Waals surface area contributed by atoms with Crippen LogP contribution in [0, 0.1) is 24.7 Å². The van der Waals surface area contributed by atoms with Gasteiger partial charge in [0.2, 0.25) is 0 Å². The van der Waals surface area contributed by atoms with Crippen molar-refractivity contribution in [3.05, 3.63) is 0 Å². The van der Waals surface area contributed by atoms with E-state index in [0.717, 1.165) is 25.8 Å². The number of nitrogens with zero attached hydrogens (tertiary/aromatic N) is 2. The molecule has 3 rings (SSSR count). The molecular formula is C20H39N2NaO5S4. The standard InChI is InChI=1S/C10H15NO3.C9H11NO2.CH4.Na.4H2S.H/c1-4-10(2,13)8-6-5-7-11(8)9(12)14-3;1-3-9(2)7-5-4-6-10(7)8(11)12-9;;;;;;;/h1,8,13H,5-7H2,2-3H3;1,7H,4-6H2,2H3;1H4;;4*1H2;/q;;;+1;;;;;-1/t8-,10-;7-,9-;;;;;;;/m00......./s1. The minimum absolute atomic E-state index is 0. The van der Waals surface area contributed by atoms with E-state index in [2.05, 4.69) is 16.6 Å². The predicted octanol–water partition coefficient (Wildman–Crippen LogP) is -0.202. The van der Waals surface area contributed by atoms with Gasteiger partial charge in [-0.25, -0.2) is 9.59 Å². The largest absolute Gasteiger partial charge is 1.00 e. The fourth-order valence-electron chi connectivity index (χ4n) is 3.77. The number of likely N-dealkylation sites (tertiary alicyclic amines) is 1. The summed E-state index contributed by atoms with van der Waals surface area (Å²) in [6, 6.07) is -0.227. The monoisotopic (exact) mass is 538 g/mol. The average molecular weight is 539 g/mol. The predicted molar refractivity (Wildman–Crippen MR) is 144 cm³/mol. The van der Waals surface area contributed by atoms with E-state index < -0.39 is 17.3 Å². The maximum Gasteiger partial charge on any atom is 1.00 e. The van der Waals surface area contributed by atoms with Gasteiger partial charge in [-0.05, 0) is 39.5 Å². The second-order valence-corrected chi connectivity index (χ2v) is 7.08. The van der Waals surface area contributed by atoms with E-state index in [9.17, 15) is 14.7 Å². The molecule has 3 heterocycles. The van der Waals surface area contributed by atoms with Gasteiger partial charge in [0, 0.05) is 13.1 Å². The summed E-state index contributed by atoms with van der Waals surface area (Å²) in [4.78, 5) is 25.8. The average Bonchev–Trinajstić information content (AvgIpc) is 3.34. The molecule has 3 aliphatic heterocycles. The summed E-state index contributed by atoms with van der Waals surface area (Å²) in [5.74, 6) is 4.86. The number of amides is 2. The molecule has 12 heteroatoms. The SMILES string of the molecule is C.C#C[C@](C)(O)[C@@H]1CCCN1C(=O)OC.C#C[C@]1(C)OC(=O)N2CCC[C@H]21.S.S.S.S.[H-].[Na+]. The van der Waals surface area contributed by atoms with Gasteiger partial charge in [-0.15, -0.1) is 12.8 Å². The first-order chi connectivity index (χ1) is 12.2. The zero-order valence-electron chi connectivity index (χ0n) is 19.5. The first-order valence-electron chi connectivity index (χ1n) is 8.72. The molecule has 3 fully saturated rings. The van der Waals surface area contributed by atoms with Crippen LogP contribution in [0.4, 0.5) is 9.59 Å². The first-order valence-corrected chi connectivity index (χ1v) is 8.72. The van der Waals surface area contributed by atoms with Crippen LogP contribution in [0.15, 0.2) is 0 Å². The number of ether oxygens (including phenoxy) is 2. The molecule has 0 aromatic carbocycles. The summed E-state index contributed by atoms with van der Waals surface area (Å²) >= 11 is 0. The molecule has 1 N–H and O–H groups in total. The normalized spacial score (nSPS) is 25.8. The molecule has 7 nitrogen and oxygen atoms in total. The van der Waals surface area contributed by atoms with Gasteiger partial charge in [-0.3, -0.25) is 0 Å². The number of hydrogen-bond acceptors (Lipinski definition) is 5. The number of aliphatic hydroxyl groups is 1. The van der Waals surface area contributed by atoms with Gasteiger partial charge in [0.05, 0.1) is 19.2 Å². The maximum atomic E-state index is 11.3. The second kappa shape index (κ2) is 17.5. The van der Waals surface area contributed by atoms with Crippen molar-refractivity contribution in [2.24, 2.45) is 0 Å². The van der Waals surface area contributed by atoms with E-state index in [1.54, 1.807) is 18.7 Å². The summed E-state index contributed by atoms with van der Waals surface area (Å²) in [7, 11) is 1.32. The minimum Gasteiger partial charge on any atom is -1.00 e. The number of fused-ring (bicyclic) bond motifs is 1. The molecule has 32 heavy (non-hydrogen) atoms. The molecule has 0 aliphatic carbocycles. The van der Waals surface area contributed by atoms with Crippen molar-refractivity contribution < 1.29 is 55.2 Å². The third kappa shape index (κ3) is 8.99. The third-order valence-electron chi connectivity index (χ3n) is 5.31. The Kier molecular flexibility index (Phi) is 23.0. The Balaban J connectivity index is -0.0000000915. The molecule has 0 saturated carbocycles. The van der Waals surface area contributed by atoms with E-state index in [0.29, 0.717) is 13.0 Å². The van der Waals surface area contributed by atoms with Gasteiger partial charge in [0.1, 0.15) is 5.60 Å². The topological polar surface area (TPSA) is 79.3 Å². The number of rotatable bonds is 1. The Morgan fingerprint density at radius 2 is 1.78 bits per heavy atom. The number of carbonyl (C=O) groups excluding carboxylic acids is 2. The molecular weight excluding hydrogens is 499 g/mol. The Hall–Kier alpha value is 0.0200. The van der Waals surface area contributed by atoms with Gasteiger partial charge in [0.15, 0.2) is 5.60 Å². The molecule has 3 saturated heterocycles. The van der Waals surface area contributed by atoms with Crippen LogP contribution in [-0.2, 0) is 9.47 Å². The van der Waals surface area contributed by atoms with Gasteiger partial charge in [-0.2, -0.15) is 54.0 Å². The van der Waals surface area contributed by atoms with Crippen LogP contribution in [0.3, 0.4) is 0 Å². The van der Waals surface area contributed by atoms with Crippen molar-refractivity contribution in [1.82, 2.24) is 9.80 Å². The van der Waals surface area contributed by atoms with Crippen LogP contribution >= 0.6 is 54.0 Å². The van der Waals surface area contributed by atoms with Crippen molar-refractivity contribution >= 4 is 66.2 Å². The van der Waals surface area contributed by atoms with Gasteiger partial charge >= 0.3 is 41.7 Å². The quantitative estimate of drug-likeness (QED) is 0.370. The molecule has 184 valence electrons. The van der Waals surface area contributed by atoms with Crippen LogP contribution in [0.25, 0.3) is 0 Å². The van der Waals surface area contributed by atoms with Crippen LogP contribution < -0.4 is 29.6 Å². The smallest absolute Gasteiger partial charge is 1.00 e. The van der Waals surface area contributed by atoms with Gasteiger partial charge in [-0.1, -0.05) is 19.3 Å². The van der Waals surface area contributed by atoms with Crippen molar-refractivity contribution in [3.63, 3.8) is 0 Å². The van der Waals surface area contributed by atoms with Crippen LogP contribution in [0.1, 0.15) is 48.4 Å². The second-order valence-electron chi connectivity index (χ2n) is 7.08. The summed E-state index contributed by atoms with van der Waals surface area (Å²) < 4.78 is 9.73. The Bertz CT molecular complexity index is 678. The van der Waals surface area contributed by atoms with Crippen molar-refractivity contribution in [1.29, 1.82) is 0 Å². The van der Waals surface area contributed by atoms with Crippen molar-refractivity contribution in [2.45, 2.75) is 70.2 Å². The number of methoxy groups -OCH3 is 1. The summed E-state index contributed by atoms with van der Waals surface area (Å²) in [6.45, 7) is 4.73. The zero-order chi connectivity index (χ0) is 19.5. The molecule has 0 unspecified atom stereocenters. The summed E-state index contributed by atoms with van der Waals surface area (Å²) in [5.41, 5.74) is -1.96. The summed E-state index contributed by atoms with van der Waals surface area (Å²) in [5, 5.41) is 9.85. The van der Waals surface area contributed by atoms with Crippen LogP contribution in [0.5, 0.6) is 0 Å². The van der Waals surface area contributed by atoms with Crippen molar-refractivity contribution in [2.75, 3.05) is 20.2 Å². The molecule has 0 aromatic rings. The van der Waals surface area contributed by atoms with E-state index in [-0.39, 0.29) is 111 Å². The van der Waals surface area contributed by atoms with Gasteiger partial charge < -0.3 is 25.8 Å². The number of cyclic esters (lactones) is 1. The van der Waals surface area contributed by atoms with E-state index >= 15 is 0 Å². The fourth-order valence-corrected chi connectivity index (χ4v) is 3.77. The van der Waals surface area contributed by atoms with Crippen LogP contribution in [-0.4, -0.2) is 70.6 Å². The number of carbonyl (C=O) groups is 2. The van der Waals surface area contributed by atoms with Crippen LogP contribution in [0.2, 0.25) is 0 Å². The van der Waals surface area contributed by atoms with E-state index in [1.165, 1.54) is 12.0 Å². The van der Waals surface area contributed by atoms with Crippen molar-refractivity contribution in [3.8, 4) is 24.7 Å². The number of terminal acetylenes is 2. The zero-order valence-corrected chi connectivity index (χ0v) is 24.5. The molecule has 0 spiro atoms. The van der Waals surface area contributed by atoms with E-state index in [1.807, 2.05) is 0 Å². The van der Waals surface area contributed by atoms with E-state index in [4.69, 9.17) is 17.6 Å². The number of hydrogen-bond donors (Lipinski definition) is 1. The molecule has 3 aliphatic rings. The molecule has 0 radical (unpaired) electrons. The summed E-state index contributed by atoms with van der Waals surface area (Å²) in [6.07, 6.45) is 13.4.